The molecule has 5 nitrogen and oxygen atoms in total. The molecule has 182 valence electrons. The van der Waals surface area contributed by atoms with Crippen LogP contribution in [0.2, 0.25) is 0 Å². The van der Waals surface area contributed by atoms with Gasteiger partial charge in [-0.1, -0.05) is 26.0 Å². The van der Waals surface area contributed by atoms with Crippen molar-refractivity contribution in [3.05, 3.63) is 53.3 Å². The van der Waals surface area contributed by atoms with E-state index < -0.39 is 6.09 Å². The number of hydrogen-bond acceptors (Lipinski definition) is 3. The minimum absolute atomic E-state index is 0.0379. The lowest BCUT2D eigenvalue weighted by Crippen LogP contribution is -2.61. The van der Waals surface area contributed by atoms with Crippen molar-refractivity contribution in [2.24, 2.45) is 11.3 Å². The molecule has 2 atom stereocenters. The van der Waals surface area contributed by atoms with E-state index >= 15 is 4.39 Å². The van der Waals surface area contributed by atoms with Crippen LogP contribution in [0.25, 0.3) is 11.1 Å². The van der Waals surface area contributed by atoms with Crippen molar-refractivity contribution in [2.75, 3.05) is 26.2 Å². The average Bonchev–Trinajstić information content (AvgIpc) is 2.82. The van der Waals surface area contributed by atoms with Crippen LogP contribution in [-0.4, -0.2) is 53.3 Å². The predicted octanol–water partition coefficient (Wildman–Crippen LogP) is 5.98. The van der Waals surface area contributed by atoms with Crippen molar-refractivity contribution in [1.82, 2.24) is 9.80 Å². The summed E-state index contributed by atoms with van der Waals surface area (Å²) < 4.78 is 21.1. The molecule has 0 saturated carbocycles. The molecule has 1 aliphatic carbocycles. The van der Waals surface area contributed by atoms with E-state index in [2.05, 4.69) is 18.7 Å². The summed E-state index contributed by atoms with van der Waals surface area (Å²) in [5.41, 5.74) is 2.98. The second kappa shape index (κ2) is 8.88. The number of aryl methyl sites for hydroxylation is 1. The summed E-state index contributed by atoms with van der Waals surface area (Å²) in [5.74, 6) is 0.848. The van der Waals surface area contributed by atoms with Crippen LogP contribution in [-0.2, 0) is 6.42 Å². The lowest BCUT2D eigenvalue weighted by atomic mass is 9.68. The lowest BCUT2D eigenvalue weighted by Gasteiger charge is -2.54. The molecule has 0 radical (unpaired) electrons. The fraction of sp³-hybridized carbons (Fsp3) is 0.536. The van der Waals surface area contributed by atoms with Crippen molar-refractivity contribution in [3.8, 4) is 16.9 Å². The van der Waals surface area contributed by atoms with E-state index in [0.717, 1.165) is 67.8 Å². The molecule has 1 amide bonds. The zero-order chi connectivity index (χ0) is 24.0. The van der Waals surface area contributed by atoms with Crippen LogP contribution in [0.3, 0.4) is 0 Å². The maximum atomic E-state index is 15.6. The Balaban J connectivity index is 1.54. The highest BCUT2D eigenvalue weighted by Gasteiger charge is 2.48. The standard InChI is InChI=1S/C28H35FN2O3/c1-4-34-21-7-5-18(6-8-21)22-15-20-9-12-28(2,3)26(23(20)16-24(22)29)31(27(32)33)25-17-30-13-10-19(25)11-14-30/h5-8,15-16,19,25-26H,4,9-14,17H2,1-3H3,(H,32,33)/t25-,26+/m1/s1. The van der Waals surface area contributed by atoms with E-state index in [1.165, 1.54) is 0 Å². The number of fused-ring (bicyclic) bond motifs is 4. The number of carbonyl (C=O) groups is 1. The van der Waals surface area contributed by atoms with Crippen molar-refractivity contribution in [2.45, 2.75) is 58.5 Å². The van der Waals surface area contributed by atoms with Gasteiger partial charge in [-0.05, 0) is 98.0 Å². The summed E-state index contributed by atoms with van der Waals surface area (Å²) in [4.78, 5) is 16.8. The molecule has 2 aromatic rings. The molecule has 2 aromatic carbocycles. The first-order valence-corrected chi connectivity index (χ1v) is 12.6. The molecular weight excluding hydrogens is 431 g/mol. The number of carboxylic acid groups (broad SMARTS) is 1. The maximum Gasteiger partial charge on any atom is 0.408 e. The van der Waals surface area contributed by atoms with Crippen LogP contribution in [0.4, 0.5) is 9.18 Å². The van der Waals surface area contributed by atoms with Crippen LogP contribution < -0.4 is 4.74 Å². The van der Waals surface area contributed by atoms with Crippen molar-refractivity contribution in [1.29, 1.82) is 0 Å². The van der Waals surface area contributed by atoms with Gasteiger partial charge in [-0.3, -0.25) is 4.90 Å². The van der Waals surface area contributed by atoms with E-state index in [-0.39, 0.29) is 23.3 Å². The van der Waals surface area contributed by atoms with Gasteiger partial charge in [-0.15, -0.1) is 0 Å². The van der Waals surface area contributed by atoms with Gasteiger partial charge in [-0.2, -0.15) is 0 Å². The van der Waals surface area contributed by atoms with Crippen molar-refractivity contribution in [3.63, 3.8) is 0 Å². The summed E-state index contributed by atoms with van der Waals surface area (Å²) in [6.07, 6.45) is 2.88. The van der Waals surface area contributed by atoms with Crippen molar-refractivity contribution < 1.29 is 19.0 Å². The molecular formula is C28H35FN2O3. The van der Waals surface area contributed by atoms with Gasteiger partial charge in [0.1, 0.15) is 11.6 Å². The van der Waals surface area contributed by atoms with Crippen LogP contribution in [0.15, 0.2) is 36.4 Å². The maximum absolute atomic E-state index is 15.6. The molecule has 3 saturated heterocycles. The number of halogens is 1. The Labute approximate surface area is 201 Å². The lowest BCUT2D eigenvalue weighted by molar-refractivity contribution is -0.0353. The zero-order valence-corrected chi connectivity index (χ0v) is 20.4. The number of nitrogens with zero attached hydrogens (tertiary/aromatic N) is 2. The molecule has 4 aliphatic rings. The fourth-order valence-electron chi connectivity index (χ4n) is 6.46. The van der Waals surface area contributed by atoms with Gasteiger partial charge in [0, 0.05) is 12.1 Å². The summed E-state index contributed by atoms with van der Waals surface area (Å²) in [6.45, 7) is 9.69. The smallest absolute Gasteiger partial charge is 0.408 e. The van der Waals surface area contributed by atoms with E-state index in [0.29, 0.717) is 18.1 Å². The molecule has 0 spiro atoms. The summed E-state index contributed by atoms with van der Waals surface area (Å²) in [5, 5.41) is 10.4. The predicted molar refractivity (Wildman–Crippen MR) is 131 cm³/mol. The third-order valence-corrected chi connectivity index (χ3v) is 8.26. The molecule has 6 heteroatoms. The first-order chi connectivity index (χ1) is 16.3. The second-order valence-electron chi connectivity index (χ2n) is 10.8. The van der Waals surface area contributed by atoms with Gasteiger partial charge in [-0.25, -0.2) is 9.18 Å². The van der Waals surface area contributed by atoms with Gasteiger partial charge in [0.25, 0.3) is 0 Å². The largest absolute Gasteiger partial charge is 0.494 e. The van der Waals surface area contributed by atoms with E-state index in [9.17, 15) is 9.90 Å². The van der Waals surface area contributed by atoms with Gasteiger partial charge >= 0.3 is 6.09 Å². The highest BCUT2D eigenvalue weighted by Crippen LogP contribution is 2.50. The molecule has 0 unspecified atom stereocenters. The topological polar surface area (TPSA) is 53.0 Å². The van der Waals surface area contributed by atoms with E-state index in [1.807, 2.05) is 37.3 Å². The Morgan fingerprint density at radius 2 is 1.91 bits per heavy atom. The second-order valence-corrected chi connectivity index (χ2v) is 10.8. The zero-order valence-electron chi connectivity index (χ0n) is 20.4. The molecule has 3 heterocycles. The SMILES string of the molecule is CCOc1ccc(-c2cc3c(cc2F)[C@H](N(C(=O)O)[C@@H]2CN4CCC2CC4)C(C)(C)CC3)cc1. The highest BCUT2D eigenvalue weighted by molar-refractivity contribution is 5.69. The Morgan fingerprint density at radius 1 is 1.21 bits per heavy atom. The number of benzene rings is 2. The Bertz CT molecular complexity index is 1060. The van der Waals surface area contributed by atoms with Gasteiger partial charge in [0.05, 0.1) is 18.7 Å². The molecule has 3 aliphatic heterocycles. The third-order valence-electron chi connectivity index (χ3n) is 8.26. The first-order valence-electron chi connectivity index (χ1n) is 12.6. The van der Waals surface area contributed by atoms with Crippen LogP contribution in [0.1, 0.15) is 57.2 Å². The molecule has 34 heavy (non-hydrogen) atoms. The number of ether oxygens (including phenoxy) is 1. The molecule has 6 rings (SSSR count). The van der Waals surface area contributed by atoms with Gasteiger partial charge in [0.2, 0.25) is 0 Å². The molecule has 0 aromatic heterocycles. The first kappa shape index (κ1) is 23.2. The van der Waals surface area contributed by atoms with Crippen LogP contribution in [0.5, 0.6) is 5.75 Å². The van der Waals surface area contributed by atoms with E-state index in [1.54, 1.807) is 11.0 Å². The normalized spacial score (nSPS) is 27.2. The number of piperidine rings is 3. The molecule has 2 bridgehead atoms. The summed E-state index contributed by atoms with van der Waals surface area (Å²) >= 11 is 0. The number of amides is 1. The Hall–Kier alpha value is -2.60. The molecule has 3 fully saturated rings. The Morgan fingerprint density at radius 3 is 2.50 bits per heavy atom. The Kier molecular flexibility index (Phi) is 6.05. The quantitative estimate of drug-likeness (QED) is 0.589. The number of hydrogen-bond donors (Lipinski definition) is 1. The van der Waals surface area contributed by atoms with Gasteiger partial charge < -0.3 is 14.7 Å². The van der Waals surface area contributed by atoms with Crippen molar-refractivity contribution >= 4 is 6.09 Å². The minimum atomic E-state index is -0.888. The monoisotopic (exact) mass is 466 g/mol. The van der Waals surface area contributed by atoms with E-state index in [4.69, 9.17) is 4.74 Å². The van der Waals surface area contributed by atoms with Crippen LogP contribution in [0, 0.1) is 17.2 Å². The fourth-order valence-corrected chi connectivity index (χ4v) is 6.46. The minimum Gasteiger partial charge on any atom is -0.494 e. The average molecular weight is 467 g/mol. The summed E-state index contributed by atoms with van der Waals surface area (Å²) in [7, 11) is 0. The van der Waals surface area contributed by atoms with Gasteiger partial charge in [0.15, 0.2) is 0 Å². The highest BCUT2D eigenvalue weighted by atomic mass is 19.1. The number of rotatable bonds is 5. The third kappa shape index (κ3) is 4.06. The summed E-state index contributed by atoms with van der Waals surface area (Å²) in [6, 6.07) is 10.7. The van der Waals surface area contributed by atoms with Crippen LogP contribution >= 0.6 is 0 Å². The molecule has 1 N–H and O–H groups in total.